The van der Waals surface area contributed by atoms with Crippen LogP contribution in [0.25, 0.3) is 0 Å². The van der Waals surface area contributed by atoms with E-state index in [0.717, 1.165) is 5.69 Å². The lowest BCUT2D eigenvalue weighted by molar-refractivity contribution is -0.143. The first-order chi connectivity index (χ1) is 13.9. The van der Waals surface area contributed by atoms with Crippen LogP contribution < -0.4 is 5.01 Å². The second-order valence-corrected chi connectivity index (χ2v) is 7.67. The summed E-state index contributed by atoms with van der Waals surface area (Å²) in [4.78, 5) is 25.0. The molecule has 0 spiro atoms. The molecule has 2 aromatic rings. The number of anilines is 1. The maximum Gasteiger partial charge on any atom is 0.305 e. The van der Waals surface area contributed by atoms with E-state index < -0.39 is 5.54 Å². The van der Waals surface area contributed by atoms with Crippen LogP contribution in [0.15, 0.2) is 53.6 Å². The maximum absolute atomic E-state index is 12.9. The Morgan fingerprint density at radius 2 is 1.76 bits per heavy atom. The highest BCUT2D eigenvalue weighted by molar-refractivity contribution is 6.40. The standard InChI is InChI=1S/C22H22Cl2N2O3/c1-3-29-20(28)12-13-22(15(2)27)14-19(21-17(23)10-7-11-18(21)24)25-26(22)16-8-5-4-6-9-16/h4-11H,3,12-14H2,1-2H3. The number of carbonyl (C=O) groups excluding carboxylic acids is 2. The van der Waals surface area contributed by atoms with Crippen LogP contribution in [0, 0.1) is 0 Å². The molecule has 3 rings (SSSR count). The largest absolute Gasteiger partial charge is 0.466 e. The van der Waals surface area contributed by atoms with Crippen LogP contribution >= 0.6 is 23.2 Å². The Hall–Kier alpha value is -2.37. The van der Waals surface area contributed by atoms with E-state index in [1.54, 1.807) is 30.1 Å². The van der Waals surface area contributed by atoms with Crippen LogP contribution in [-0.2, 0) is 14.3 Å². The number of esters is 1. The van der Waals surface area contributed by atoms with Gasteiger partial charge in [0.15, 0.2) is 5.78 Å². The molecule has 1 aliphatic heterocycles. The molecule has 0 radical (unpaired) electrons. The van der Waals surface area contributed by atoms with Gasteiger partial charge in [0.25, 0.3) is 0 Å². The van der Waals surface area contributed by atoms with Crippen LogP contribution in [0.4, 0.5) is 5.69 Å². The van der Waals surface area contributed by atoms with Crippen molar-refractivity contribution in [2.45, 2.75) is 38.6 Å². The quantitative estimate of drug-likeness (QED) is 0.558. The first-order valence-corrected chi connectivity index (χ1v) is 10.2. The summed E-state index contributed by atoms with van der Waals surface area (Å²) < 4.78 is 5.07. The van der Waals surface area contributed by atoms with Gasteiger partial charge in [-0.05, 0) is 44.5 Å². The molecule has 0 aromatic heterocycles. The lowest BCUT2D eigenvalue weighted by Gasteiger charge is -2.35. The van der Waals surface area contributed by atoms with E-state index in [1.165, 1.54) is 6.92 Å². The fourth-order valence-corrected chi connectivity index (χ4v) is 4.19. The smallest absolute Gasteiger partial charge is 0.305 e. The zero-order valence-electron chi connectivity index (χ0n) is 16.3. The Morgan fingerprint density at radius 1 is 1.10 bits per heavy atom. The summed E-state index contributed by atoms with van der Waals surface area (Å²) in [5, 5.41) is 7.39. The van der Waals surface area contributed by atoms with Crippen LogP contribution in [0.2, 0.25) is 10.0 Å². The summed E-state index contributed by atoms with van der Waals surface area (Å²) in [5.41, 5.74) is 0.954. The van der Waals surface area contributed by atoms with Crippen LogP contribution in [0.5, 0.6) is 0 Å². The molecule has 0 saturated heterocycles. The van der Waals surface area contributed by atoms with Crippen molar-refractivity contribution in [3.8, 4) is 0 Å². The molecule has 0 aliphatic carbocycles. The summed E-state index contributed by atoms with van der Waals surface area (Å²) in [6.07, 6.45) is 0.668. The van der Waals surface area contributed by atoms with E-state index in [9.17, 15) is 9.59 Å². The average molecular weight is 433 g/mol. The van der Waals surface area contributed by atoms with Gasteiger partial charge in [-0.3, -0.25) is 14.6 Å². The first-order valence-electron chi connectivity index (χ1n) is 9.43. The van der Waals surface area contributed by atoms with E-state index in [1.807, 2.05) is 30.3 Å². The molecule has 7 heteroatoms. The SMILES string of the molecule is CCOC(=O)CCC1(C(C)=O)CC(c2c(Cl)cccc2Cl)=NN1c1ccccc1. The highest BCUT2D eigenvalue weighted by Crippen LogP contribution is 2.41. The lowest BCUT2D eigenvalue weighted by atomic mass is 9.83. The number of ketones is 1. The van der Waals surface area contributed by atoms with Crippen LogP contribution in [-0.4, -0.2) is 29.6 Å². The van der Waals surface area contributed by atoms with Crippen molar-refractivity contribution in [3.05, 3.63) is 64.1 Å². The second kappa shape index (κ2) is 8.97. The van der Waals surface area contributed by atoms with Crippen molar-refractivity contribution in [3.63, 3.8) is 0 Å². The molecule has 0 bridgehead atoms. The zero-order valence-corrected chi connectivity index (χ0v) is 17.8. The Kier molecular flexibility index (Phi) is 6.60. The summed E-state index contributed by atoms with van der Waals surface area (Å²) in [6.45, 7) is 3.57. The van der Waals surface area contributed by atoms with E-state index in [0.29, 0.717) is 34.3 Å². The Balaban J connectivity index is 2.07. The highest BCUT2D eigenvalue weighted by Gasteiger charge is 2.48. The molecule has 0 fully saturated rings. The van der Waals surface area contributed by atoms with Gasteiger partial charge < -0.3 is 4.74 Å². The monoisotopic (exact) mass is 432 g/mol. The zero-order chi connectivity index (χ0) is 21.0. The number of halogens is 2. The third kappa shape index (κ3) is 4.31. The fraction of sp³-hybridized carbons (Fsp3) is 0.318. The third-order valence-corrected chi connectivity index (χ3v) is 5.67. The van der Waals surface area contributed by atoms with Gasteiger partial charge in [0, 0.05) is 18.4 Å². The van der Waals surface area contributed by atoms with E-state index in [2.05, 4.69) is 0 Å². The highest BCUT2D eigenvalue weighted by atomic mass is 35.5. The van der Waals surface area contributed by atoms with Gasteiger partial charge in [-0.15, -0.1) is 0 Å². The molecule has 1 atom stereocenters. The molecule has 1 heterocycles. The van der Waals surface area contributed by atoms with Crippen molar-refractivity contribution in [1.82, 2.24) is 0 Å². The third-order valence-electron chi connectivity index (χ3n) is 5.04. The number of hydrogen-bond acceptors (Lipinski definition) is 5. The van der Waals surface area contributed by atoms with Crippen LogP contribution in [0.3, 0.4) is 0 Å². The van der Waals surface area contributed by atoms with Gasteiger partial charge in [0.05, 0.1) is 28.1 Å². The van der Waals surface area contributed by atoms with Crippen LogP contribution in [0.1, 0.15) is 38.7 Å². The summed E-state index contributed by atoms with van der Waals surface area (Å²) >= 11 is 12.8. The average Bonchev–Trinajstić information content (AvgIpc) is 3.08. The topological polar surface area (TPSA) is 59.0 Å². The van der Waals surface area contributed by atoms with Crippen molar-refractivity contribution in [1.29, 1.82) is 0 Å². The molecule has 5 nitrogen and oxygen atoms in total. The number of hydrazone groups is 1. The lowest BCUT2D eigenvalue weighted by Crippen LogP contribution is -2.49. The molecular formula is C22H22Cl2N2O3. The Morgan fingerprint density at radius 3 is 2.34 bits per heavy atom. The Bertz CT molecular complexity index is 926. The number of hydrogen-bond donors (Lipinski definition) is 0. The second-order valence-electron chi connectivity index (χ2n) is 6.86. The molecule has 2 aromatic carbocycles. The molecule has 152 valence electrons. The molecule has 0 amide bonds. The minimum Gasteiger partial charge on any atom is -0.466 e. The van der Waals surface area contributed by atoms with Crippen molar-refractivity contribution in [2.75, 3.05) is 11.6 Å². The number of nitrogens with zero attached hydrogens (tertiary/aromatic N) is 2. The molecule has 1 unspecified atom stereocenters. The normalized spacial score (nSPS) is 18.5. The predicted octanol–water partition coefficient (Wildman–Crippen LogP) is 5.28. The summed E-state index contributed by atoms with van der Waals surface area (Å²) in [5.74, 6) is -0.432. The van der Waals surface area contributed by atoms with Gasteiger partial charge in [-0.25, -0.2) is 0 Å². The summed E-state index contributed by atoms with van der Waals surface area (Å²) in [6, 6.07) is 14.6. The first kappa shape index (κ1) is 21.3. The van der Waals surface area contributed by atoms with Crippen molar-refractivity contribution in [2.24, 2.45) is 5.10 Å². The maximum atomic E-state index is 12.9. The van der Waals surface area contributed by atoms with E-state index in [4.69, 9.17) is 33.0 Å². The van der Waals surface area contributed by atoms with Crippen molar-refractivity contribution >= 4 is 46.4 Å². The van der Waals surface area contributed by atoms with Gasteiger partial charge in [-0.2, -0.15) is 5.10 Å². The fourth-order valence-electron chi connectivity index (χ4n) is 3.58. The predicted molar refractivity (Wildman–Crippen MR) is 116 cm³/mol. The van der Waals surface area contributed by atoms with Crippen molar-refractivity contribution < 1.29 is 14.3 Å². The van der Waals surface area contributed by atoms with Gasteiger partial charge in [-0.1, -0.05) is 47.5 Å². The molecule has 1 aliphatic rings. The summed E-state index contributed by atoms with van der Waals surface area (Å²) in [7, 11) is 0. The minimum absolute atomic E-state index is 0.0902. The van der Waals surface area contributed by atoms with E-state index >= 15 is 0 Å². The molecule has 0 saturated carbocycles. The number of ether oxygens (including phenoxy) is 1. The number of benzene rings is 2. The number of carbonyl (C=O) groups is 2. The van der Waals surface area contributed by atoms with Gasteiger partial charge >= 0.3 is 5.97 Å². The Labute approximate surface area is 180 Å². The number of rotatable bonds is 7. The minimum atomic E-state index is -1.02. The molecular weight excluding hydrogens is 411 g/mol. The molecule has 29 heavy (non-hydrogen) atoms. The van der Waals surface area contributed by atoms with Gasteiger partial charge in [0.2, 0.25) is 0 Å². The van der Waals surface area contributed by atoms with E-state index in [-0.39, 0.29) is 24.6 Å². The number of para-hydroxylation sites is 1. The number of Topliss-reactive ketones (excluding diaryl/α,β-unsaturated/α-hetero) is 1. The molecule has 0 N–H and O–H groups in total. The van der Waals surface area contributed by atoms with Gasteiger partial charge in [0.1, 0.15) is 5.54 Å².